The molecule has 2 heterocycles. The van der Waals surface area contributed by atoms with Gasteiger partial charge in [0, 0.05) is 25.1 Å². The van der Waals surface area contributed by atoms with Gasteiger partial charge in [-0.15, -0.1) is 0 Å². The van der Waals surface area contributed by atoms with Crippen LogP contribution in [0.1, 0.15) is 37.3 Å². The van der Waals surface area contributed by atoms with Gasteiger partial charge in [-0.25, -0.2) is 4.79 Å². The first-order chi connectivity index (χ1) is 9.34. The number of fused-ring (bicyclic) bond motifs is 1. The molecule has 0 aromatic heterocycles. The molecule has 1 aromatic carbocycles. The molecule has 19 heavy (non-hydrogen) atoms. The molecule has 0 saturated carbocycles. The van der Waals surface area contributed by atoms with Gasteiger partial charge >= 0.3 is 6.03 Å². The number of ether oxygens (including phenoxy) is 1. The first-order valence-electron chi connectivity index (χ1n) is 7.12. The maximum Gasteiger partial charge on any atom is 0.317 e. The topological polar surface area (TPSA) is 41.6 Å². The summed E-state index contributed by atoms with van der Waals surface area (Å²) in [5.41, 5.74) is 1.10. The SMILES string of the molecule is O=C(NC1CCOc2ccccc21)N1CCCCC1. The van der Waals surface area contributed by atoms with Crippen molar-refractivity contribution in [3.63, 3.8) is 0 Å². The van der Waals surface area contributed by atoms with E-state index in [4.69, 9.17) is 4.74 Å². The van der Waals surface area contributed by atoms with Crippen LogP contribution in [0.5, 0.6) is 5.75 Å². The highest BCUT2D eigenvalue weighted by Gasteiger charge is 2.25. The fraction of sp³-hybridized carbons (Fsp3) is 0.533. The Balaban J connectivity index is 1.68. The molecule has 0 radical (unpaired) electrons. The van der Waals surface area contributed by atoms with Crippen LogP contribution in [-0.4, -0.2) is 30.6 Å². The number of carbonyl (C=O) groups is 1. The van der Waals surface area contributed by atoms with Crippen molar-refractivity contribution in [2.45, 2.75) is 31.7 Å². The lowest BCUT2D eigenvalue weighted by atomic mass is 10.0. The monoisotopic (exact) mass is 260 g/mol. The Labute approximate surface area is 113 Å². The molecule has 4 heteroatoms. The van der Waals surface area contributed by atoms with Gasteiger partial charge < -0.3 is 15.0 Å². The van der Waals surface area contributed by atoms with Crippen LogP contribution in [0, 0.1) is 0 Å². The van der Waals surface area contributed by atoms with E-state index in [-0.39, 0.29) is 12.1 Å². The molecule has 4 nitrogen and oxygen atoms in total. The summed E-state index contributed by atoms with van der Waals surface area (Å²) in [5, 5.41) is 3.15. The Morgan fingerprint density at radius 2 is 2.00 bits per heavy atom. The Bertz CT molecular complexity index is 455. The van der Waals surface area contributed by atoms with Gasteiger partial charge in [-0.1, -0.05) is 18.2 Å². The number of urea groups is 1. The second-order valence-electron chi connectivity index (χ2n) is 5.22. The van der Waals surface area contributed by atoms with E-state index in [0.717, 1.165) is 43.7 Å². The number of carbonyl (C=O) groups excluding carboxylic acids is 1. The van der Waals surface area contributed by atoms with Crippen LogP contribution < -0.4 is 10.1 Å². The quantitative estimate of drug-likeness (QED) is 0.843. The molecular formula is C15H20N2O2. The lowest BCUT2D eigenvalue weighted by Gasteiger charge is -2.31. The Morgan fingerprint density at radius 3 is 2.84 bits per heavy atom. The molecule has 1 unspecified atom stereocenters. The van der Waals surface area contributed by atoms with E-state index >= 15 is 0 Å². The number of benzene rings is 1. The van der Waals surface area contributed by atoms with Gasteiger partial charge in [0.25, 0.3) is 0 Å². The molecule has 1 N–H and O–H groups in total. The van der Waals surface area contributed by atoms with E-state index in [0.29, 0.717) is 6.61 Å². The molecule has 1 atom stereocenters. The summed E-state index contributed by atoms with van der Waals surface area (Å²) in [5.74, 6) is 0.901. The molecule has 0 bridgehead atoms. The summed E-state index contributed by atoms with van der Waals surface area (Å²) < 4.78 is 5.62. The third-order valence-electron chi connectivity index (χ3n) is 3.90. The highest BCUT2D eigenvalue weighted by atomic mass is 16.5. The molecule has 1 fully saturated rings. The zero-order valence-corrected chi connectivity index (χ0v) is 11.1. The van der Waals surface area contributed by atoms with E-state index in [1.165, 1.54) is 6.42 Å². The van der Waals surface area contributed by atoms with Crippen molar-refractivity contribution in [3.8, 4) is 5.75 Å². The number of para-hydroxylation sites is 1. The highest BCUT2D eigenvalue weighted by molar-refractivity contribution is 5.75. The maximum absolute atomic E-state index is 12.3. The van der Waals surface area contributed by atoms with Crippen LogP contribution in [0.25, 0.3) is 0 Å². The zero-order valence-electron chi connectivity index (χ0n) is 11.1. The van der Waals surface area contributed by atoms with Crippen LogP contribution in [0.3, 0.4) is 0 Å². The summed E-state index contributed by atoms with van der Waals surface area (Å²) in [6.45, 7) is 2.44. The molecule has 1 saturated heterocycles. The number of likely N-dealkylation sites (tertiary alicyclic amines) is 1. The molecular weight excluding hydrogens is 240 g/mol. The average molecular weight is 260 g/mol. The number of piperidine rings is 1. The summed E-state index contributed by atoms with van der Waals surface area (Å²) in [7, 11) is 0. The van der Waals surface area contributed by atoms with Gasteiger partial charge in [0.1, 0.15) is 5.75 Å². The van der Waals surface area contributed by atoms with Crippen LogP contribution in [0.15, 0.2) is 24.3 Å². The van der Waals surface area contributed by atoms with Gasteiger partial charge in [-0.3, -0.25) is 0 Å². The summed E-state index contributed by atoms with van der Waals surface area (Å²) in [6, 6.07) is 8.12. The normalized spacial score (nSPS) is 22.3. The van der Waals surface area contributed by atoms with Crippen molar-refractivity contribution < 1.29 is 9.53 Å². The fourth-order valence-corrected chi connectivity index (χ4v) is 2.83. The van der Waals surface area contributed by atoms with Crippen LogP contribution in [-0.2, 0) is 0 Å². The minimum Gasteiger partial charge on any atom is -0.493 e. The van der Waals surface area contributed by atoms with E-state index in [1.807, 2.05) is 29.2 Å². The van der Waals surface area contributed by atoms with E-state index in [1.54, 1.807) is 0 Å². The summed E-state index contributed by atoms with van der Waals surface area (Å²) >= 11 is 0. The Hall–Kier alpha value is -1.71. The molecule has 3 rings (SSSR count). The second-order valence-corrected chi connectivity index (χ2v) is 5.22. The van der Waals surface area contributed by atoms with E-state index in [2.05, 4.69) is 5.32 Å². The van der Waals surface area contributed by atoms with Gasteiger partial charge in [0.2, 0.25) is 0 Å². The van der Waals surface area contributed by atoms with Crippen LogP contribution in [0.4, 0.5) is 4.79 Å². The summed E-state index contributed by atoms with van der Waals surface area (Å²) in [6.07, 6.45) is 4.33. The number of amides is 2. The predicted octanol–water partition coefficient (Wildman–Crippen LogP) is 2.71. The molecule has 0 aliphatic carbocycles. The number of rotatable bonds is 1. The smallest absolute Gasteiger partial charge is 0.317 e. The van der Waals surface area contributed by atoms with Gasteiger partial charge in [-0.05, 0) is 25.3 Å². The largest absolute Gasteiger partial charge is 0.493 e. The number of hydrogen-bond donors (Lipinski definition) is 1. The lowest BCUT2D eigenvalue weighted by molar-refractivity contribution is 0.176. The summed E-state index contributed by atoms with van der Waals surface area (Å²) in [4.78, 5) is 14.2. The molecule has 2 aliphatic heterocycles. The molecule has 1 aromatic rings. The Morgan fingerprint density at radius 1 is 1.21 bits per heavy atom. The minimum absolute atomic E-state index is 0.0707. The minimum atomic E-state index is 0.0707. The van der Waals surface area contributed by atoms with Crippen molar-refractivity contribution in [2.24, 2.45) is 0 Å². The van der Waals surface area contributed by atoms with E-state index in [9.17, 15) is 4.79 Å². The zero-order chi connectivity index (χ0) is 13.1. The third kappa shape index (κ3) is 2.67. The van der Waals surface area contributed by atoms with Gasteiger partial charge in [0.15, 0.2) is 0 Å². The maximum atomic E-state index is 12.3. The van der Waals surface area contributed by atoms with Crippen molar-refractivity contribution in [2.75, 3.05) is 19.7 Å². The lowest BCUT2D eigenvalue weighted by Crippen LogP contribution is -2.44. The van der Waals surface area contributed by atoms with Crippen LogP contribution in [0.2, 0.25) is 0 Å². The standard InChI is InChI=1S/C15H20N2O2/c18-15(17-9-4-1-5-10-17)16-13-8-11-19-14-7-3-2-6-12(13)14/h2-3,6-7,13H,1,4-5,8-11H2,(H,16,18). The third-order valence-corrected chi connectivity index (χ3v) is 3.90. The van der Waals surface area contributed by atoms with Gasteiger partial charge in [0.05, 0.1) is 12.6 Å². The first-order valence-corrected chi connectivity index (χ1v) is 7.12. The second kappa shape index (κ2) is 5.51. The first kappa shape index (κ1) is 12.3. The molecule has 0 spiro atoms. The fourth-order valence-electron chi connectivity index (χ4n) is 2.83. The highest BCUT2D eigenvalue weighted by Crippen LogP contribution is 2.31. The molecule has 2 amide bonds. The van der Waals surface area contributed by atoms with Gasteiger partial charge in [-0.2, -0.15) is 0 Å². The average Bonchev–Trinajstić information content (AvgIpc) is 2.48. The van der Waals surface area contributed by atoms with Crippen molar-refractivity contribution >= 4 is 6.03 Å². The van der Waals surface area contributed by atoms with Crippen molar-refractivity contribution in [1.29, 1.82) is 0 Å². The van der Waals surface area contributed by atoms with Crippen molar-refractivity contribution in [3.05, 3.63) is 29.8 Å². The molecule has 2 aliphatic rings. The predicted molar refractivity (Wildman–Crippen MR) is 73.3 cm³/mol. The van der Waals surface area contributed by atoms with Crippen molar-refractivity contribution in [1.82, 2.24) is 10.2 Å². The Kier molecular flexibility index (Phi) is 3.58. The number of nitrogens with one attached hydrogen (secondary N) is 1. The number of hydrogen-bond acceptors (Lipinski definition) is 2. The van der Waals surface area contributed by atoms with Crippen LogP contribution >= 0.6 is 0 Å². The number of nitrogens with zero attached hydrogens (tertiary/aromatic N) is 1. The van der Waals surface area contributed by atoms with E-state index < -0.39 is 0 Å². The molecule has 102 valence electrons.